The minimum absolute atomic E-state index is 0.0232. The lowest BCUT2D eigenvalue weighted by atomic mass is 9.95. The van der Waals surface area contributed by atoms with E-state index in [1.807, 2.05) is 18.5 Å². The number of methoxy groups -OCH3 is 1. The van der Waals surface area contributed by atoms with Crippen LogP contribution >= 0.6 is 0 Å². The Hall–Kier alpha value is -1.47. The van der Waals surface area contributed by atoms with Gasteiger partial charge < -0.3 is 10.1 Å². The second-order valence-corrected chi connectivity index (χ2v) is 5.51. The van der Waals surface area contributed by atoms with Gasteiger partial charge in [-0.15, -0.1) is 5.10 Å². The molecule has 1 aromatic rings. The van der Waals surface area contributed by atoms with Gasteiger partial charge >= 0.3 is 0 Å². The lowest BCUT2D eigenvalue weighted by Gasteiger charge is -2.36. The van der Waals surface area contributed by atoms with Crippen LogP contribution in [-0.2, 0) is 22.6 Å². The van der Waals surface area contributed by atoms with Gasteiger partial charge in [0.15, 0.2) is 0 Å². The van der Waals surface area contributed by atoms with Crippen molar-refractivity contribution in [1.82, 2.24) is 25.2 Å². The molecule has 7 heteroatoms. The summed E-state index contributed by atoms with van der Waals surface area (Å²) in [5.74, 6) is 0.0232. The van der Waals surface area contributed by atoms with E-state index < -0.39 is 5.54 Å². The number of nitrogens with one attached hydrogen (secondary N) is 1. The van der Waals surface area contributed by atoms with Crippen LogP contribution in [0.1, 0.15) is 31.2 Å². The first-order valence-corrected chi connectivity index (χ1v) is 7.44. The SMILES string of the molecule is CCn1nnc(C)c1CN1CCCC1(COC)C(=O)NC. The first kappa shape index (κ1) is 15.9. The van der Waals surface area contributed by atoms with Crippen molar-refractivity contribution in [1.29, 1.82) is 0 Å². The number of hydrogen-bond acceptors (Lipinski definition) is 5. The van der Waals surface area contributed by atoms with Gasteiger partial charge in [0, 0.05) is 27.2 Å². The molecule has 0 aliphatic carbocycles. The van der Waals surface area contributed by atoms with E-state index in [-0.39, 0.29) is 5.91 Å². The highest BCUT2D eigenvalue weighted by atomic mass is 16.5. The zero-order valence-corrected chi connectivity index (χ0v) is 13.3. The van der Waals surface area contributed by atoms with Gasteiger partial charge in [0.05, 0.1) is 18.0 Å². The van der Waals surface area contributed by atoms with E-state index >= 15 is 0 Å². The van der Waals surface area contributed by atoms with Crippen molar-refractivity contribution in [2.24, 2.45) is 0 Å². The molecule has 1 fully saturated rings. The lowest BCUT2D eigenvalue weighted by Crippen LogP contribution is -2.57. The van der Waals surface area contributed by atoms with Crippen LogP contribution in [-0.4, -0.2) is 58.6 Å². The summed E-state index contributed by atoms with van der Waals surface area (Å²) >= 11 is 0. The fraction of sp³-hybridized carbons (Fsp3) is 0.786. The number of ether oxygens (including phenoxy) is 1. The molecule has 1 aromatic heterocycles. The highest BCUT2D eigenvalue weighted by Crippen LogP contribution is 2.32. The van der Waals surface area contributed by atoms with E-state index in [9.17, 15) is 4.79 Å². The third-order valence-electron chi connectivity index (χ3n) is 4.33. The minimum Gasteiger partial charge on any atom is -0.382 e. The van der Waals surface area contributed by atoms with Crippen LogP contribution in [0.5, 0.6) is 0 Å². The van der Waals surface area contributed by atoms with Gasteiger partial charge in [0.2, 0.25) is 5.91 Å². The van der Waals surface area contributed by atoms with Gasteiger partial charge in [-0.1, -0.05) is 5.21 Å². The monoisotopic (exact) mass is 295 g/mol. The minimum atomic E-state index is -0.585. The molecule has 0 aromatic carbocycles. The van der Waals surface area contributed by atoms with Crippen LogP contribution in [0.15, 0.2) is 0 Å². The standard InChI is InChI=1S/C14H25N5O2/c1-5-19-12(11(2)16-17-19)9-18-8-6-7-14(18,10-21-4)13(20)15-3/h5-10H2,1-4H3,(H,15,20). The number of aryl methyl sites for hydroxylation is 2. The zero-order valence-electron chi connectivity index (χ0n) is 13.3. The van der Waals surface area contributed by atoms with Crippen LogP contribution in [0.2, 0.25) is 0 Å². The lowest BCUT2D eigenvalue weighted by molar-refractivity contribution is -0.135. The van der Waals surface area contributed by atoms with Gasteiger partial charge in [0.1, 0.15) is 5.54 Å². The summed E-state index contributed by atoms with van der Waals surface area (Å²) in [6.07, 6.45) is 1.80. The number of amides is 1. The molecule has 1 amide bonds. The Kier molecular flexibility index (Phi) is 4.95. The van der Waals surface area contributed by atoms with E-state index in [1.165, 1.54) is 0 Å². The fourth-order valence-corrected chi connectivity index (χ4v) is 3.17. The molecule has 118 valence electrons. The Labute approximate surface area is 125 Å². The van der Waals surface area contributed by atoms with E-state index in [0.717, 1.165) is 37.3 Å². The summed E-state index contributed by atoms with van der Waals surface area (Å²) < 4.78 is 7.25. The van der Waals surface area contributed by atoms with Gasteiger partial charge in [0.25, 0.3) is 0 Å². The number of likely N-dealkylation sites (N-methyl/N-ethyl adjacent to an activating group) is 1. The first-order valence-electron chi connectivity index (χ1n) is 7.44. The van der Waals surface area contributed by atoms with Gasteiger partial charge in [-0.3, -0.25) is 9.69 Å². The van der Waals surface area contributed by atoms with Gasteiger partial charge in [-0.25, -0.2) is 4.68 Å². The molecule has 7 nitrogen and oxygen atoms in total. The third kappa shape index (κ3) is 2.80. The molecule has 2 rings (SSSR count). The molecule has 0 saturated carbocycles. The van der Waals surface area contributed by atoms with Crippen molar-refractivity contribution in [3.8, 4) is 0 Å². The van der Waals surface area contributed by atoms with Crippen molar-refractivity contribution >= 4 is 5.91 Å². The molecule has 0 bridgehead atoms. The van der Waals surface area contributed by atoms with Gasteiger partial charge in [-0.2, -0.15) is 0 Å². The molecule has 21 heavy (non-hydrogen) atoms. The summed E-state index contributed by atoms with van der Waals surface area (Å²) in [6.45, 7) is 6.74. The number of likely N-dealkylation sites (tertiary alicyclic amines) is 1. The number of carbonyl (C=O) groups excluding carboxylic acids is 1. The van der Waals surface area contributed by atoms with Crippen LogP contribution < -0.4 is 5.32 Å². The number of hydrogen-bond donors (Lipinski definition) is 1. The summed E-state index contributed by atoms with van der Waals surface area (Å²) in [4.78, 5) is 14.6. The van der Waals surface area contributed by atoms with E-state index in [1.54, 1.807) is 14.2 Å². The normalized spacial score (nSPS) is 22.7. The van der Waals surface area contributed by atoms with Crippen LogP contribution in [0.25, 0.3) is 0 Å². The Morgan fingerprint density at radius 2 is 2.29 bits per heavy atom. The average Bonchev–Trinajstić information content (AvgIpc) is 3.05. The quantitative estimate of drug-likeness (QED) is 0.819. The van der Waals surface area contributed by atoms with Crippen LogP contribution in [0.4, 0.5) is 0 Å². The topological polar surface area (TPSA) is 72.3 Å². The van der Waals surface area contributed by atoms with Crippen molar-refractivity contribution in [3.63, 3.8) is 0 Å². The number of rotatable bonds is 6. The van der Waals surface area contributed by atoms with E-state index in [4.69, 9.17) is 4.74 Å². The van der Waals surface area contributed by atoms with Crippen molar-refractivity contribution in [2.75, 3.05) is 27.3 Å². The molecule has 1 aliphatic rings. The van der Waals surface area contributed by atoms with Crippen LogP contribution in [0.3, 0.4) is 0 Å². The summed E-state index contributed by atoms with van der Waals surface area (Å²) in [5.41, 5.74) is 1.41. The van der Waals surface area contributed by atoms with Crippen molar-refractivity contribution < 1.29 is 9.53 Å². The molecule has 0 spiro atoms. The molecule has 1 N–H and O–H groups in total. The number of carbonyl (C=O) groups is 1. The molecule has 0 radical (unpaired) electrons. The fourth-order valence-electron chi connectivity index (χ4n) is 3.17. The smallest absolute Gasteiger partial charge is 0.242 e. The Balaban J connectivity index is 2.28. The third-order valence-corrected chi connectivity index (χ3v) is 4.33. The van der Waals surface area contributed by atoms with Gasteiger partial charge in [-0.05, 0) is 33.2 Å². The average molecular weight is 295 g/mol. The summed E-state index contributed by atoms with van der Waals surface area (Å²) in [6, 6.07) is 0. The van der Waals surface area contributed by atoms with Crippen LogP contribution in [0, 0.1) is 6.92 Å². The molecule has 2 heterocycles. The highest BCUT2D eigenvalue weighted by molar-refractivity contribution is 5.86. The predicted molar refractivity (Wildman–Crippen MR) is 78.8 cm³/mol. The number of nitrogens with zero attached hydrogens (tertiary/aromatic N) is 4. The van der Waals surface area contributed by atoms with E-state index in [2.05, 4.69) is 20.5 Å². The zero-order chi connectivity index (χ0) is 15.5. The Morgan fingerprint density at radius 3 is 2.90 bits per heavy atom. The Bertz CT molecular complexity index is 502. The molecule has 1 saturated heterocycles. The molecule has 1 unspecified atom stereocenters. The second-order valence-electron chi connectivity index (χ2n) is 5.51. The summed E-state index contributed by atoms with van der Waals surface area (Å²) in [7, 11) is 3.32. The largest absolute Gasteiger partial charge is 0.382 e. The molecular weight excluding hydrogens is 270 g/mol. The van der Waals surface area contributed by atoms with E-state index in [0.29, 0.717) is 13.2 Å². The maximum absolute atomic E-state index is 12.4. The second kappa shape index (κ2) is 6.53. The predicted octanol–water partition coefficient (Wildman–Crippen LogP) is 0.333. The maximum Gasteiger partial charge on any atom is 0.242 e. The number of aromatic nitrogens is 3. The van der Waals surface area contributed by atoms with Crippen molar-refractivity contribution in [3.05, 3.63) is 11.4 Å². The highest BCUT2D eigenvalue weighted by Gasteiger charge is 2.47. The molecular formula is C14H25N5O2. The van der Waals surface area contributed by atoms with Crippen molar-refractivity contribution in [2.45, 2.75) is 45.3 Å². The molecule has 1 atom stereocenters. The summed E-state index contributed by atoms with van der Waals surface area (Å²) in [5, 5.41) is 11.1. The Morgan fingerprint density at radius 1 is 1.52 bits per heavy atom. The maximum atomic E-state index is 12.4. The molecule has 1 aliphatic heterocycles. The first-order chi connectivity index (χ1) is 10.1.